The van der Waals surface area contributed by atoms with Crippen LogP contribution in [-0.2, 0) is 27.5 Å². The summed E-state index contributed by atoms with van der Waals surface area (Å²) in [6.07, 6.45) is 2.74. The number of nitriles is 2. The number of Topliss-reactive ketones (excluding diaryl/α,β-unsaturated/α-hetero) is 3. The highest BCUT2D eigenvalue weighted by atomic mass is 16.3. The number of fused-ring (bicyclic) bond motifs is 2. The molecule has 6 heterocycles. The number of aromatic nitrogens is 8. The zero-order valence-corrected chi connectivity index (χ0v) is 49.4. The van der Waals surface area contributed by atoms with E-state index in [1.165, 1.54) is 0 Å². The average molecular weight is 1190 g/mol. The minimum absolute atomic E-state index is 0.0213. The van der Waals surface area contributed by atoms with E-state index in [1.54, 1.807) is 47.8 Å². The van der Waals surface area contributed by atoms with Gasteiger partial charge in [0.15, 0.2) is 34.0 Å². The lowest BCUT2D eigenvalue weighted by Crippen LogP contribution is -2.30. The Morgan fingerprint density at radius 2 is 0.943 bits per heavy atom. The maximum atomic E-state index is 14.2. The van der Waals surface area contributed by atoms with E-state index in [1.807, 2.05) is 84.9 Å². The summed E-state index contributed by atoms with van der Waals surface area (Å²) in [5.41, 5.74) is 8.58. The van der Waals surface area contributed by atoms with Crippen LogP contribution in [0.3, 0.4) is 0 Å². The van der Waals surface area contributed by atoms with Crippen molar-refractivity contribution in [3.63, 3.8) is 0 Å². The number of rotatable bonds is 22. The van der Waals surface area contributed by atoms with Gasteiger partial charge in [-0.3, -0.25) is 14.4 Å². The molecule has 2 saturated heterocycles. The van der Waals surface area contributed by atoms with E-state index in [2.05, 4.69) is 32.6 Å². The Balaban J connectivity index is 0.744. The first kappa shape index (κ1) is 59.3. The Hall–Kier alpha value is -8.99. The normalized spacial score (nSPS) is 23.4. The highest BCUT2D eigenvalue weighted by molar-refractivity contribution is 5.86. The molecule has 2 aliphatic heterocycles. The predicted molar refractivity (Wildman–Crippen MR) is 332 cm³/mol. The SMILES string of the molecule is CCC(=O)C[C@H]1C[C@@H](n2cnc3c(NCc4ccc(-c5ccccc5C#N)cc4)nc(N4CC[C@@H](CC(=O)C[C@@H]5CCN(c6nc(NCc7ccc(-c8ccccc8C#N)cc7)c7ncn([C@@H]8C[C@H](CC(=O)CC)[C@@H](O)[C@H]8O)c7n6)C5)C4)nc32)[C@H](O)[C@@H]1O. The predicted octanol–water partition coefficient (Wildman–Crippen LogP) is 8.27. The Morgan fingerprint density at radius 3 is 1.34 bits per heavy atom. The van der Waals surface area contributed by atoms with Gasteiger partial charge in [-0.2, -0.15) is 30.5 Å². The fraction of sp³-hybridized carbons (Fsp3) is 0.418. The molecule has 0 amide bonds. The molecule has 2 aliphatic carbocycles. The molecular weight excluding hydrogens is 1110 g/mol. The van der Waals surface area contributed by atoms with Gasteiger partial charge in [0.25, 0.3) is 0 Å². The fourth-order valence-corrected chi connectivity index (χ4v) is 13.6. The number of anilines is 4. The van der Waals surface area contributed by atoms with Crippen LogP contribution in [0.25, 0.3) is 44.6 Å². The first-order valence-corrected chi connectivity index (χ1v) is 30.7. The highest BCUT2D eigenvalue weighted by Gasteiger charge is 2.45. The van der Waals surface area contributed by atoms with E-state index >= 15 is 0 Å². The molecule has 4 aromatic carbocycles. The molecule has 8 aromatic rings. The van der Waals surface area contributed by atoms with Crippen molar-refractivity contribution in [2.45, 2.75) is 128 Å². The van der Waals surface area contributed by atoms with E-state index in [-0.39, 0.29) is 42.0 Å². The van der Waals surface area contributed by atoms with Crippen LogP contribution in [0.5, 0.6) is 0 Å². The third-order valence-corrected chi connectivity index (χ3v) is 18.6. The third kappa shape index (κ3) is 12.2. The molecule has 2 saturated carbocycles. The Labute approximate surface area is 509 Å². The van der Waals surface area contributed by atoms with Gasteiger partial charge in [0.1, 0.15) is 29.6 Å². The van der Waals surface area contributed by atoms with Gasteiger partial charge in [-0.25, -0.2) is 9.97 Å². The lowest BCUT2D eigenvalue weighted by molar-refractivity contribution is -0.121. The van der Waals surface area contributed by atoms with Gasteiger partial charge in [0, 0.05) is 77.8 Å². The summed E-state index contributed by atoms with van der Waals surface area (Å²) in [5.74, 6) is 1.29. The molecule has 21 nitrogen and oxygen atoms in total. The topological polar surface area (TPSA) is 297 Å². The smallest absolute Gasteiger partial charge is 0.229 e. The first-order chi connectivity index (χ1) is 42.8. The average Bonchev–Trinajstić information content (AvgIpc) is 1.87. The second-order valence-electron chi connectivity index (χ2n) is 24.2. The molecule has 4 fully saturated rings. The first-order valence-electron chi connectivity index (χ1n) is 30.7. The Bertz CT molecular complexity index is 3710. The maximum absolute atomic E-state index is 14.2. The summed E-state index contributed by atoms with van der Waals surface area (Å²) in [4.78, 5) is 73.2. The summed E-state index contributed by atoms with van der Waals surface area (Å²) >= 11 is 0. The van der Waals surface area contributed by atoms with E-state index < -0.39 is 48.3 Å². The summed E-state index contributed by atoms with van der Waals surface area (Å²) in [5, 5.41) is 71.6. The standard InChI is InChI=1S/C67H72N14O7/c1-3-49(82)27-47-29-54(60(87)58(47)85)80-37-72-56-62(70-33-39-13-17-43(18-14-39)52-11-7-5-9-45(52)31-68)74-66(76-64(56)80)78-23-21-41(35-78)25-51(84)26-42-22-24-79(36-42)67-75-63(71-34-40-15-19-44(20-16-40)53-12-8-6-10-46(53)32-69)57-65(77-67)81(38-73-57)55-30-48(28-50(83)4-2)59(86)61(55)88/h5-20,37-38,41-42,47-48,54-55,58-61,85-88H,3-4,21-30,33-36H2,1-2H3,(H,70,74,76)(H,71,75,77)/t41-,42-,47-,48-,54+,55+,58+,59+,60-,61-/m0/s1. The van der Waals surface area contributed by atoms with Crippen LogP contribution in [0.15, 0.2) is 110 Å². The van der Waals surface area contributed by atoms with Crippen LogP contribution in [-0.4, -0.2) is 127 Å². The molecule has 88 heavy (non-hydrogen) atoms. The number of nitrogens with one attached hydrogen (secondary N) is 2. The second kappa shape index (κ2) is 25.8. The van der Waals surface area contributed by atoms with Crippen LogP contribution in [0, 0.1) is 46.3 Å². The second-order valence-corrected chi connectivity index (χ2v) is 24.2. The van der Waals surface area contributed by atoms with Gasteiger partial charge in [0.2, 0.25) is 11.9 Å². The van der Waals surface area contributed by atoms with E-state index in [0.29, 0.717) is 135 Å². The molecule has 12 rings (SSSR count). The van der Waals surface area contributed by atoms with Crippen LogP contribution in [0.1, 0.15) is 112 Å². The number of imidazole rings is 2. The molecule has 0 unspecified atom stereocenters. The number of aliphatic hydroxyl groups excluding tert-OH is 4. The van der Waals surface area contributed by atoms with Crippen molar-refractivity contribution >= 4 is 63.2 Å². The molecule has 6 N–H and O–H groups in total. The number of hydrogen-bond donors (Lipinski definition) is 6. The molecule has 10 atom stereocenters. The van der Waals surface area contributed by atoms with Gasteiger partial charge in [0.05, 0.1) is 60.2 Å². The van der Waals surface area contributed by atoms with Crippen LogP contribution >= 0.6 is 0 Å². The molecule has 4 aromatic heterocycles. The summed E-state index contributed by atoms with van der Waals surface area (Å²) in [6, 6.07) is 34.3. The quantitative estimate of drug-likeness (QED) is 0.0372. The van der Waals surface area contributed by atoms with Gasteiger partial charge in [-0.1, -0.05) is 98.8 Å². The van der Waals surface area contributed by atoms with E-state index in [9.17, 15) is 45.3 Å². The van der Waals surface area contributed by atoms with Crippen LogP contribution < -0.4 is 20.4 Å². The van der Waals surface area contributed by atoms with Gasteiger partial charge in [-0.15, -0.1) is 0 Å². The minimum atomic E-state index is -1.15. The number of carbonyl (C=O) groups excluding carboxylic acids is 3. The molecule has 0 bridgehead atoms. The highest BCUT2D eigenvalue weighted by Crippen LogP contribution is 2.42. The van der Waals surface area contributed by atoms with Crippen molar-refractivity contribution in [3.05, 3.63) is 132 Å². The number of aliphatic hydroxyl groups is 4. The lowest BCUT2D eigenvalue weighted by atomic mass is 9.94. The summed E-state index contributed by atoms with van der Waals surface area (Å²) < 4.78 is 3.60. The Morgan fingerprint density at radius 1 is 0.534 bits per heavy atom. The molecule has 21 heteroatoms. The fourth-order valence-electron chi connectivity index (χ4n) is 13.6. The van der Waals surface area contributed by atoms with Gasteiger partial charge >= 0.3 is 0 Å². The third-order valence-electron chi connectivity index (χ3n) is 18.6. The zero-order chi connectivity index (χ0) is 61.2. The maximum Gasteiger partial charge on any atom is 0.229 e. The number of nitrogens with zero attached hydrogens (tertiary/aromatic N) is 12. The van der Waals surface area contributed by atoms with Gasteiger partial charge in [-0.05, 0) is 94.9 Å². The Kier molecular flexibility index (Phi) is 17.4. The summed E-state index contributed by atoms with van der Waals surface area (Å²) in [7, 11) is 0. The molecule has 452 valence electrons. The van der Waals surface area contributed by atoms with Crippen LogP contribution in [0.4, 0.5) is 23.5 Å². The van der Waals surface area contributed by atoms with Crippen molar-refractivity contribution in [1.82, 2.24) is 39.0 Å². The lowest BCUT2D eigenvalue weighted by Gasteiger charge is -2.21. The van der Waals surface area contributed by atoms with Crippen molar-refractivity contribution in [2.75, 3.05) is 46.6 Å². The van der Waals surface area contributed by atoms with E-state index in [4.69, 9.17) is 29.9 Å². The molecular formula is C67H72N14O7. The molecule has 0 radical (unpaired) electrons. The van der Waals surface area contributed by atoms with Gasteiger partial charge < -0.3 is 50.0 Å². The van der Waals surface area contributed by atoms with Crippen molar-refractivity contribution in [1.29, 1.82) is 10.5 Å². The number of carbonyl (C=O) groups is 3. The van der Waals surface area contributed by atoms with Crippen LogP contribution in [0.2, 0.25) is 0 Å². The molecule has 0 spiro atoms. The summed E-state index contributed by atoms with van der Waals surface area (Å²) in [6.45, 7) is 6.66. The van der Waals surface area contributed by atoms with Crippen molar-refractivity contribution < 1.29 is 34.8 Å². The molecule has 4 aliphatic rings. The van der Waals surface area contributed by atoms with Crippen molar-refractivity contribution in [3.8, 4) is 34.4 Å². The van der Waals surface area contributed by atoms with E-state index in [0.717, 1.165) is 46.2 Å². The largest absolute Gasteiger partial charge is 0.390 e. The number of ketones is 3. The zero-order valence-electron chi connectivity index (χ0n) is 49.4. The number of hydrogen-bond acceptors (Lipinski definition) is 19. The minimum Gasteiger partial charge on any atom is -0.390 e. The monoisotopic (exact) mass is 1180 g/mol. The van der Waals surface area contributed by atoms with Crippen molar-refractivity contribution in [2.24, 2.45) is 23.7 Å². The number of benzene rings is 4.